The highest BCUT2D eigenvalue weighted by molar-refractivity contribution is 9.10. The number of aromatic amines is 1. The number of aromatic nitrogens is 3. The van der Waals surface area contributed by atoms with Gasteiger partial charge in [-0.1, -0.05) is 28.1 Å². The van der Waals surface area contributed by atoms with Crippen LogP contribution in [0.4, 0.5) is 0 Å². The van der Waals surface area contributed by atoms with Crippen LogP contribution in [0.5, 0.6) is 0 Å². The Balaban J connectivity index is 1.73. The minimum atomic E-state index is 0.359. The lowest BCUT2D eigenvalue weighted by Gasteiger charge is -2.14. The molecule has 0 saturated carbocycles. The summed E-state index contributed by atoms with van der Waals surface area (Å²) in [6.07, 6.45) is 3.53. The lowest BCUT2D eigenvalue weighted by Crippen LogP contribution is -2.20. The van der Waals surface area contributed by atoms with Crippen molar-refractivity contribution in [2.24, 2.45) is 0 Å². The number of aryl methyl sites for hydroxylation is 1. The SMILES string of the molecule is CC(NCCCc1ncn[nH]1)c1cccc(Br)c1. The van der Waals surface area contributed by atoms with Crippen LogP contribution >= 0.6 is 15.9 Å². The first-order valence-corrected chi connectivity index (χ1v) is 6.88. The molecule has 0 aliphatic carbocycles. The fraction of sp³-hybridized carbons (Fsp3) is 0.385. The number of benzene rings is 1. The van der Waals surface area contributed by atoms with Crippen LogP contribution < -0.4 is 5.32 Å². The molecule has 1 atom stereocenters. The Bertz CT molecular complexity index is 470. The monoisotopic (exact) mass is 308 g/mol. The summed E-state index contributed by atoms with van der Waals surface area (Å²) in [6, 6.07) is 8.75. The molecule has 96 valence electrons. The van der Waals surface area contributed by atoms with Crippen molar-refractivity contribution >= 4 is 15.9 Å². The largest absolute Gasteiger partial charge is 0.310 e. The third-order valence-corrected chi connectivity index (χ3v) is 3.35. The molecule has 0 radical (unpaired) electrons. The number of hydrogen-bond donors (Lipinski definition) is 2. The molecule has 1 aromatic heterocycles. The summed E-state index contributed by atoms with van der Waals surface area (Å²) in [4.78, 5) is 4.10. The maximum Gasteiger partial charge on any atom is 0.137 e. The highest BCUT2D eigenvalue weighted by Crippen LogP contribution is 2.17. The number of nitrogens with zero attached hydrogens (tertiary/aromatic N) is 2. The summed E-state index contributed by atoms with van der Waals surface area (Å²) in [6.45, 7) is 3.14. The van der Waals surface area contributed by atoms with Crippen molar-refractivity contribution in [3.05, 3.63) is 46.5 Å². The Morgan fingerprint density at radius 3 is 3.06 bits per heavy atom. The van der Waals surface area contributed by atoms with Gasteiger partial charge in [0.2, 0.25) is 0 Å². The van der Waals surface area contributed by atoms with Crippen molar-refractivity contribution in [2.75, 3.05) is 6.54 Å². The first-order chi connectivity index (χ1) is 8.75. The Labute approximate surface area is 115 Å². The summed E-state index contributed by atoms with van der Waals surface area (Å²) in [5.41, 5.74) is 1.30. The summed E-state index contributed by atoms with van der Waals surface area (Å²) in [7, 11) is 0. The van der Waals surface area contributed by atoms with E-state index < -0.39 is 0 Å². The molecule has 0 fully saturated rings. The second-order valence-corrected chi connectivity index (χ2v) is 5.18. The van der Waals surface area contributed by atoms with E-state index in [1.807, 2.05) is 6.07 Å². The summed E-state index contributed by atoms with van der Waals surface area (Å²) < 4.78 is 1.12. The molecule has 0 aliphatic rings. The average Bonchev–Trinajstić information content (AvgIpc) is 2.87. The van der Waals surface area contributed by atoms with Gasteiger partial charge >= 0.3 is 0 Å². The van der Waals surface area contributed by atoms with Crippen LogP contribution in [0.15, 0.2) is 35.1 Å². The zero-order valence-electron chi connectivity index (χ0n) is 10.4. The summed E-state index contributed by atoms with van der Waals surface area (Å²) in [5.74, 6) is 0.951. The van der Waals surface area contributed by atoms with Crippen molar-refractivity contribution in [3.63, 3.8) is 0 Å². The second-order valence-electron chi connectivity index (χ2n) is 4.27. The molecule has 0 saturated heterocycles. The van der Waals surface area contributed by atoms with Gasteiger partial charge in [-0.3, -0.25) is 5.10 Å². The number of H-pyrrole nitrogens is 1. The van der Waals surface area contributed by atoms with E-state index in [4.69, 9.17) is 0 Å². The molecular weight excluding hydrogens is 292 g/mol. The number of hydrogen-bond acceptors (Lipinski definition) is 3. The molecule has 5 heteroatoms. The van der Waals surface area contributed by atoms with E-state index >= 15 is 0 Å². The van der Waals surface area contributed by atoms with Crippen LogP contribution in [0, 0.1) is 0 Å². The van der Waals surface area contributed by atoms with Crippen molar-refractivity contribution < 1.29 is 0 Å². The molecule has 0 bridgehead atoms. The quantitative estimate of drug-likeness (QED) is 0.807. The summed E-state index contributed by atoms with van der Waals surface area (Å²) >= 11 is 3.49. The fourth-order valence-corrected chi connectivity index (χ4v) is 2.24. The highest BCUT2D eigenvalue weighted by Gasteiger charge is 2.04. The van der Waals surface area contributed by atoms with Gasteiger partial charge in [0.1, 0.15) is 12.2 Å². The van der Waals surface area contributed by atoms with E-state index in [1.165, 1.54) is 5.56 Å². The molecule has 1 unspecified atom stereocenters. The molecule has 0 aliphatic heterocycles. The van der Waals surface area contributed by atoms with Crippen molar-refractivity contribution in [3.8, 4) is 0 Å². The molecule has 0 spiro atoms. The Morgan fingerprint density at radius 1 is 1.44 bits per heavy atom. The minimum Gasteiger partial charge on any atom is -0.310 e. The van der Waals surface area contributed by atoms with Crippen LogP contribution in [-0.2, 0) is 6.42 Å². The van der Waals surface area contributed by atoms with Gasteiger partial charge in [0.15, 0.2) is 0 Å². The van der Waals surface area contributed by atoms with Gasteiger partial charge in [-0.05, 0) is 37.6 Å². The third kappa shape index (κ3) is 3.92. The summed E-state index contributed by atoms with van der Waals surface area (Å²) in [5, 5.41) is 10.2. The Morgan fingerprint density at radius 2 is 2.33 bits per heavy atom. The predicted octanol–water partition coefficient (Wildman–Crippen LogP) is 2.85. The molecular formula is C13H17BrN4. The maximum absolute atomic E-state index is 4.10. The zero-order chi connectivity index (χ0) is 12.8. The van der Waals surface area contributed by atoms with Gasteiger partial charge in [-0.15, -0.1) is 0 Å². The standard InChI is InChI=1S/C13H17BrN4/c1-10(11-4-2-5-12(14)8-11)15-7-3-6-13-16-9-17-18-13/h2,4-5,8-10,15H,3,6-7H2,1H3,(H,16,17,18). The van der Waals surface area contributed by atoms with E-state index in [9.17, 15) is 0 Å². The van der Waals surface area contributed by atoms with Crippen molar-refractivity contribution in [1.82, 2.24) is 20.5 Å². The number of halogens is 1. The van der Waals surface area contributed by atoms with Crippen molar-refractivity contribution in [1.29, 1.82) is 0 Å². The molecule has 18 heavy (non-hydrogen) atoms. The molecule has 1 heterocycles. The minimum absolute atomic E-state index is 0.359. The van der Waals surface area contributed by atoms with Crippen LogP contribution in [0.3, 0.4) is 0 Å². The Hall–Kier alpha value is -1.20. The second kappa shape index (κ2) is 6.66. The smallest absolute Gasteiger partial charge is 0.137 e. The number of nitrogens with one attached hydrogen (secondary N) is 2. The van der Waals surface area contributed by atoms with Crippen molar-refractivity contribution in [2.45, 2.75) is 25.8 Å². The Kier molecular flexibility index (Phi) is 4.90. The van der Waals surface area contributed by atoms with E-state index in [0.29, 0.717) is 6.04 Å². The molecule has 4 nitrogen and oxygen atoms in total. The highest BCUT2D eigenvalue weighted by atomic mass is 79.9. The lowest BCUT2D eigenvalue weighted by molar-refractivity contribution is 0.554. The van der Waals surface area contributed by atoms with Crippen LogP contribution in [0.2, 0.25) is 0 Å². The van der Waals surface area contributed by atoms with E-state index in [-0.39, 0.29) is 0 Å². The molecule has 2 N–H and O–H groups in total. The van der Waals surface area contributed by atoms with Gasteiger partial charge in [0.05, 0.1) is 0 Å². The topological polar surface area (TPSA) is 53.6 Å². The number of rotatable bonds is 6. The fourth-order valence-electron chi connectivity index (χ4n) is 1.82. The van der Waals surface area contributed by atoms with Crippen LogP contribution in [-0.4, -0.2) is 21.7 Å². The predicted molar refractivity (Wildman–Crippen MR) is 75.3 cm³/mol. The van der Waals surface area contributed by atoms with Gasteiger partial charge < -0.3 is 5.32 Å². The zero-order valence-corrected chi connectivity index (χ0v) is 11.9. The maximum atomic E-state index is 4.10. The first kappa shape index (κ1) is 13.2. The molecule has 2 rings (SSSR count). The van der Waals surface area contributed by atoms with Crippen LogP contribution in [0.1, 0.15) is 30.8 Å². The van der Waals surface area contributed by atoms with Crippen LogP contribution in [0.25, 0.3) is 0 Å². The van der Waals surface area contributed by atoms with E-state index in [2.05, 4.69) is 61.6 Å². The molecule has 2 aromatic rings. The molecule has 0 amide bonds. The van der Waals surface area contributed by atoms with Gasteiger partial charge in [0.25, 0.3) is 0 Å². The average molecular weight is 309 g/mol. The van der Waals surface area contributed by atoms with Gasteiger partial charge in [-0.25, -0.2) is 4.98 Å². The van der Waals surface area contributed by atoms with Gasteiger partial charge in [0, 0.05) is 16.9 Å². The van der Waals surface area contributed by atoms with E-state index in [1.54, 1.807) is 6.33 Å². The normalized spacial score (nSPS) is 12.6. The molecule has 1 aromatic carbocycles. The lowest BCUT2D eigenvalue weighted by atomic mass is 10.1. The first-order valence-electron chi connectivity index (χ1n) is 6.09. The third-order valence-electron chi connectivity index (χ3n) is 2.85. The van der Waals surface area contributed by atoms with Gasteiger partial charge in [-0.2, -0.15) is 5.10 Å². The van der Waals surface area contributed by atoms with E-state index in [0.717, 1.165) is 29.7 Å².